The highest BCUT2D eigenvalue weighted by Gasteiger charge is 2.44. The maximum Gasteiger partial charge on any atom is 0.188 e. The van der Waals surface area contributed by atoms with Crippen LogP contribution in [-0.4, -0.2) is 43.0 Å². The van der Waals surface area contributed by atoms with Gasteiger partial charge in [-0.2, -0.15) is 0 Å². The Labute approximate surface area is 178 Å². The number of likely N-dealkylation sites (N-methyl/N-ethyl adjacent to an activating group) is 1. The van der Waals surface area contributed by atoms with Crippen LogP contribution in [0.25, 0.3) is 12.2 Å². The quantitative estimate of drug-likeness (QED) is 0.637. The van der Waals surface area contributed by atoms with Crippen molar-refractivity contribution in [3.8, 4) is 11.5 Å². The Morgan fingerprint density at radius 2 is 1.20 bits per heavy atom. The number of fused-ring (bicyclic) bond motifs is 2. The lowest BCUT2D eigenvalue weighted by molar-refractivity contribution is -0.114. The van der Waals surface area contributed by atoms with E-state index in [9.17, 15) is 4.79 Å². The van der Waals surface area contributed by atoms with E-state index in [1.54, 1.807) is 0 Å². The number of Topliss-reactive ketones (excluding diaryl/α,β-unsaturated/α-hetero) is 1. The van der Waals surface area contributed by atoms with Crippen LogP contribution in [0.2, 0.25) is 0 Å². The average molecular weight is 404 g/mol. The Morgan fingerprint density at radius 3 is 1.57 bits per heavy atom. The summed E-state index contributed by atoms with van der Waals surface area (Å²) in [5.74, 6) is 1.87. The van der Waals surface area contributed by atoms with Crippen molar-refractivity contribution in [3.05, 3.63) is 70.8 Å². The van der Waals surface area contributed by atoms with E-state index in [4.69, 9.17) is 9.47 Å². The third-order valence-corrected chi connectivity index (χ3v) is 5.97. The van der Waals surface area contributed by atoms with Gasteiger partial charge in [-0.3, -0.25) is 9.69 Å². The summed E-state index contributed by atoms with van der Waals surface area (Å²) in [6.07, 6.45) is 6.12. The van der Waals surface area contributed by atoms with Crippen molar-refractivity contribution in [2.45, 2.75) is 38.8 Å². The number of piperidine rings is 1. The number of benzene rings is 2. The average Bonchev–Trinajstić information content (AvgIpc) is 3.07. The van der Waals surface area contributed by atoms with Crippen LogP contribution >= 0.6 is 0 Å². The van der Waals surface area contributed by atoms with Gasteiger partial charge in [0.15, 0.2) is 5.78 Å². The van der Waals surface area contributed by atoms with Crippen molar-refractivity contribution >= 4 is 17.9 Å². The first-order valence-electron chi connectivity index (χ1n) is 10.8. The molecule has 2 heterocycles. The molecule has 4 rings (SSSR count). The standard InChI is InChI=1S/C26H29NO3/c1-4-29-20-10-6-18(7-11-20)16-22-24-14-15-25(27(24)3)23(26(22)28)17-19-8-12-21(13-9-19)30-5-2/h6-13,16-17,24-25H,4-5,14-15H2,1-3H3/b22-16+,23-17+/t24-,25-/m1/s1. The van der Waals surface area contributed by atoms with Gasteiger partial charge in [-0.1, -0.05) is 24.3 Å². The largest absolute Gasteiger partial charge is 0.494 e. The normalized spacial score (nSPS) is 23.9. The monoisotopic (exact) mass is 403 g/mol. The number of hydrogen-bond acceptors (Lipinski definition) is 4. The molecule has 0 aliphatic carbocycles. The molecular weight excluding hydrogens is 374 g/mol. The smallest absolute Gasteiger partial charge is 0.188 e. The molecule has 0 N–H and O–H groups in total. The molecule has 2 aliphatic heterocycles. The zero-order valence-corrected chi connectivity index (χ0v) is 17.9. The van der Waals surface area contributed by atoms with Crippen molar-refractivity contribution in [1.82, 2.24) is 4.90 Å². The summed E-state index contributed by atoms with van der Waals surface area (Å²) < 4.78 is 11.1. The lowest BCUT2D eigenvalue weighted by Gasteiger charge is -2.34. The molecule has 156 valence electrons. The van der Waals surface area contributed by atoms with Crippen LogP contribution in [0.1, 0.15) is 37.8 Å². The summed E-state index contributed by atoms with van der Waals surface area (Å²) in [4.78, 5) is 15.8. The van der Waals surface area contributed by atoms with Crippen molar-refractivity contribution in [1.29, 1.82) is 0 Å². The fraction of sp³-hybridized carbons (Fsp3) is 0.346. The summed E-state index contributed by atoms with van der Waals surface area (Å²) in [5, 5.41) is 0. The molecule has 0 aromatic heterocycles. The number of ether oxygens (including phenoxy) is 2. The van der Waals surface area contributed by atoms with E-state index >= 15 is 0 Å². The zero-order valence-electron chi connectivity index (χ0n) is 17.9. The Hall–Kier alpha value is -2.85. The van der Waals surface area contributed by atoms with Gasteiger partial charge < -0.3 is 9.47 Å². The second-order valence-electron chi connectivity index (χ2n) is 7.81. The van der Waals surface area contributed by atoms with E-state index in [0.29, 0.717) is 13.2 Å². The van der Waals surface area contributed by atoms with E-state index < -0.39 is 0 Å². The van der Waals surface area contributed by atoms with Gasteiger partial charge in [-0.25, -0.2) is 0 Å². The van der Waals surface area contributed by atoms with Crippen molar-refractivity contribution in [3.63, 3.8) is 0 Å². The molecule has 0 spiro atoms. The second-order valence-corrected chi connectivity index (χ2v) is 7.81. The third kappa shape index (κ3) is 4.05. The molecule has 0 amide bonds. The Bertz CT molecular complexity index is 879. The van der Waals surface area contributed by atoms with Crippen LogP contribution in [0.5, 0.6) is 11.5 Å². The number of hydrogen-bond donors (Lipinski definition) is 0. The van der Waals surface area contributed by atoms with Gasteiger partial charge in [-0.15, -0.1) is 0 Å². The van der Waals surface area contributed by atoms with E-state index in [0.717, 1.165) is 46.6 Å². The number of rotatable bonds is 6. The van der Waals surface area contributed by atoms with Gasteiger partial charge in [0.05, 0.1) is 13.2 Å². The minimum absolute atomic E-state index is 0.170. The summed E-state index contributed by atoms with van der Waals surface area (Å²) >= 11 is 0. The highest BCUT2D eigenvalue weighted by molar-refractivity contribution is 6.16. The predicted molar refractivity (Wildman–Crippen MR) is 121 cm³/mol. The number of ketones is 1. The molecule has 0 unspecified atom stereocenters. The number of carbonyl (C=O) groups is 1. The fourth-order valence-corrected chi connectivity index (χ4v) is 4.50. The zero-order chi connectivity index (χ0) is 21.1. The first-order valence-corrected chi connectivity index (χ1v) is 10.8. The number of nitrogens with zero attached hydrogens (tertiary/aromatic N) is 1. The third-order valence-electron chi connectivity index (χ3n) is 5.97. The van der Waals surface area contributed by atoms with Gasteiger partial charge in [0.1, 0.15) is 11.5 Å². The van der Waals surface area contributed by atoms with E-state index in [1.807, 2.05) is 74.5 Å². The molecule has 30 heavy (non-hydrogen) atoms. The molecule has 2 atom stereocenters. The molecule has 2 aliphatic rings. The molecule has 2 aromatic carbocycles. The summed E-state index contributed by atoms with van der Waals surface area (Å²) in [5.41, 5.74) is 3.82. The van der Waals surface area contributed by atoms with Gasteiger partial charge in [0.2, 0.25) is 0 Å². The van der Waals surface area contributed by atoms with Crippen LogP contribution in [-0.2, 0) is 4.79 Å². The Balaban J connectivity index is 1.65. The van der Waals surface area contributed by atoms with Gasteiger partial charge in [0.25, 0.3) is 0 Å². The summed E-state index contributed by atoms with van der Waals surface area (Å²) in [6, 6.07) is 16.3. The Kier molecular flexibility index (Phi) is 6.05. The molecule has 4 heteroatoms. The summed E-state index contributed by atoms with van der Waals surface area (Å²) in [7, 11) is 2.13. The minimum Gasteiger partial charge on any atom is -0.494 e. The highest BCUT2D eigenvalue weighted by Crippen LogP contribution is 2.40. The highest BCUT2D eigenvalue weighted by atomic mass is 16.5. The fourth-order valence-electron chi connectivity index (χ4n) is 4.50. The van der Waals surface area contributed by atoms with Crippen LogP contribution in [0.15, 0.2) is 59.7 Å². The van der Waals surface area contributed by atoms with Crippen LogP contribution in [0.4, 0.5) is 0 Å². The minimum atomic E-state index is 0.170. The van der Waals surface area contributed by atoms with Crippen LogP contribution in [0.3, 0.4) is 0 Å². The Morgan fingerprint density at radius 1 is 0.800 bits per heavy atom. The first-order chi connectivity index (χ1) is 14.6. The van der Waals surface area contributed by atoms with Crippen LogP contribution < -0.4 is 9.47 Å². The lowest BCUT2D eigenvalue weighted by atomic mass is 9.88. The first kappa shape index (κ1) is 20.4. The lowest BCUT2D eigenvalue weighted by Crippen LogP contribution is -2.43. The SMILES string of the molecule is CCOc1ccc(/C=C2/C(=O)/C(=C/c3ccc(OCC)cc3)[C@H]3CC[C@H]2N3C)cc1. The molecule has 2 bridgehead atoms. The van der Waals surface area contributed by atoms with E-state index in [2.05, 4.69) is 11.9 Å². The van der Waals surface area contributed by atoms with Crippen molar-refractivity contribution < 1.29 is 14.3 Å². The van der Waals surface area contributed by atoms with Crippen LogP contribution in [0, 0.1) is 0 Å². The van der Waals surface area contributed by atoms with Crippen molar-refractivity contribution in [2.75, 3.05) is 20.3 Å². The topological polar surface area (TPSA) is 38.8 Å². The number of carbonyl (C=O) groups excluding carboxylic acids is 1. The van der Waals surface area contributed by atoms with Gasteiger partial charge >= 0.3 is 0 Å². The van der Waals surface area contributed by atoms with Crippen molar-refractivity contribution in [2.24, 2.45) is 0 Å². The maximum absolute atomic E-state index is 13.5. The molecular formula is C26H29NO3. The van der Waals surface area contributed by atoms with E-state index in [1.165, 1.54) is 0 Å². The summed E-state index contributed by atoms with van der Waals surface area (Å²) in [6.45, 7) is 5.24. The predicted octanol–water partition coefficient (Wildman–Crippen LogP) is 5.00. The maximum atomic E-state index is 13.5. The molecule has 0 radical (unpaired) electrons. The molecule has 4 nitrogen and oxygen atoms in total. The molecule has 0 saturated carbocycles. The molecule has 2 saturated heterocycles. The second kappa shape index (κ2) is 8.88. The molecule has 2 aromatic rings. The molecule has 2 fully saturated rings. The van der Waals surface area contributed by atoms with Gasteiger partial charge in [0, 0.05) is 23.2 Å². The van der Waals surface area contributed by atoms with Gasteiger partial charge in [-0.05, 0) is 81.3 Å². The van der Waals surface area contributed by atoms with E-state index in [-0.39, 0.29) is 17.9 Å².